The standard InChI is InChI=1S/C19H18BrFN6O/c20-14-3-4-16(15(21)10-14)23-19(28)13-2-1-8-26(11-13)17-5-6-18(25-24-17)27-9-7-22-12-27/h3-7,9-10,12-13H,1-2,8,11H2,(H,23,28)/t13-/m0/s1. The molecule has 1 N–H and O–H groups in total. The number of nitrogens with zero attached hydrogens (tertiary/aromatic N) is 5. The Balaban J connectivity index is 1.43. The van der Waals surface area contributed by atoms with E-state index in [1.54, 1.807) is 35.4 Å². The van der Waals surface area contributed by atoms with E-state index in [1.165, 1.54) is 6.07 Å². The molecule has 1 aliphatic heterocycles. The number of anilines is 2. The first-order valence-electron chi connectivity index (χ1n) is 8.93. The van der Waals surface area contributed by atoms with Gasteiger partial charge >= 0.3 is 0 Å². The molecule has 0 bridgehead atoms. The summed E-state index contributed by atoms with van der Waals surface area (Å²) in [5.41, 5.74) is 0.190. The molecule has 7 nitrogen and oxygen atoms in total. The van der Waals surface area contributed by atoms with Gasteiger partial charge < -0.3 is 10.2 Å². The van der Waals surface area contributed by atoms with Gasteiger partial charge in [-0.2, -0.15) is 0 Å². The fraction of sp³-hybridized carbons (Fsp3) is 0.263. The first-order chi connectivity index (χ1) is 13.6. The van der Waals surface area contributed by atoms with Crippen molar-refractivity contribution in [3.8, 4) is 5.82 Å². The lowest BCUT2D eigenvalue weighted by molar-refractivity contribution is -0.120. The van der Waals surface area contributed by atoms with Crippen LogP contribution in [-0.4, -0.2) is 38.7 Å². The average molecular weight is 445 g/mol. The molecule has 9 heteroatoms. The highest BCUT2D eigenvalue weighted by atomic mass is 79.9. The number of nitrogens with one attached hydrogen (secondary N) is 1. The number of amides is 1. The van der Waals surface area contributed by atoms with Crippen molar-refractivity contribution in [2.24, 2.45) is 5.92 Å². The van der Waals surface area contributed by atoms with Crippen LogP contribution in [0.4, 0.5) is 15.9 Å². The summed E-state index contributed by atoms with van der Waals surface area (Å²) in [4.78, 5) is 18.7. The molecule has 144 valence electrons. The molecule has 0 saturated carbocycles. The minimum atomic E-state index is -0.462. The van der Waals surface area contributed by atoms with Crippen LogP contribution in [0.25, 0.3) is 5.82 Å². The van der Waals surface area contributed by atoms with Crippen molar-refractivity contribution in [1.82, 2.24) is 19.7 Å². The number of rotatable bonds is 4. The third-order valence-electron chi connectivity index (χ3n) is 4.71. The van der Waals surface area contributed by atoms with E-state index < -0.39 is 5.82 Å². The van der Waals surface area contributed by atoms with Gasteiger partial charge in [-0.25, -0.2) is 9.37 Å². The molecule has 0 spiro atoms. The van der Waals surface area contributed by atoms with Crippen LogP contribution in [0, 0.1) is 11.7 Å². The molecule has 1 aromatic carbocycles. The summed E-state index contributed by atoms with van der Waals surface area (Å²) in [6.07, 6.45) is 6.74. The van der Waals surface area contributed by atoms with Crippen LogP contribution in [0.1, 0.15) is 12.8 Å². The van der Waals surface area contributed by atoms with Crippen molar-refractivity contribution >= 4 is 33.3 Å². The minimum Gasteiger partial charge on any atom is -0.354 e. The van der Waals surface area contributed by atoms with Crippen molar-refractivity contribution in [3.05, 3.63) is 59.3 Å². The van der Waals surface area contributed by atoms with Gasteiger partial charge in [0.1, 0.15) is 12.1 Å². The van der Waals surface area contributed by atoms with Gasteiger partial charge in [0.05, 0.1) is 11.6 Å². The maximum absolute atomic E-state index is 14.0. The van der Waals surface area contributed by atoms with E-state index in [2.05, 4.69) is 36.4 Å². The average Bonchev–Trinajstić information content (AvgIpc) is 3.25. The molecule has 1 amide bonds. The van der Waals surface area contributed by atoms with E-state index in [9.17, 15) is 9.18 Å². The second-order valence-electron chi connectivity index (χ2n) is 6.62. The molecule has 1 saturated heterocycles. The molecular weight excluding hydrogens is 427 g/mol. The Morgan fingerprint density at radius 3 is 2.75 bits per heavy atom. The summed E-state index contributed by atoms with van der Waals surface area (Å²) in [6, 6.07) is 8.34. The van der Waals surface area contributed by atoms with Crippen LogP contribution in [0.2, 0.25) is 0 Å². The summed E-state index contributed by atoms with van der Waals surface area (Å²) in [5, 5.41) is 11.2. The van der Waals surface area contributed by atoms with Gasteiger partial charge in [0.2, 0.25) is 5.91 Å². The van der Waals surface area contributed by atoms with Gasteiger partial charge in [0, 0.05) is 30.0 Å². The lowest BCUT2D eigenvalue weighted by Gasteiger charge is -2.32. The van der Waals surface area contributed by atoms with Crippen LogP contribution in [-0.2, 0) is 4.79 Å². The molecule has 1 fully saturated rings. The number of carbonyl (C=O) groups excluding carboxylic acids is 1. The molecule has 1 atom stereocenters. The molecule has 0 unspecified atom stereocenters. The van der Waals surface area contributed by atoms with Crippen molar-refractivity contribution < 1.29 is 9.18 Å². The van der Waals surface area contributed by atoms with Crippen LogP contribution >= 0.6 is 15.9 Å². The van der Waals surface area contributed by atoms with E-state index in [4.69, 9.17) is 0 Å². The van der Waals surface area contributed by atoms with E-state index in [1.807, 2.05) is 17.0 Å². The summed E-state index contributed by atoms with van der Waals surface area (Å²) >= 11 is 3.21. The van der Waals surface area contributed by atoms with E-state index in [0.717, 1.165) is 25.2 Å². The van der Waals surface area contributed by atoms with Gasteiger partial charge in [-0.05, 0) is 43.2 Å². The highest BCUT2D eigenvalue weighted by Crippen LogP contribution is 2.24. The number of hydrogen-bond acceptors (Lipinski definition) is 5. The molecule has 4 rings (SSSR count). The number of carbonyl (C=O) groups is 1. The third kappa shape index (κ3) is 4.04. The Morgan fingerprint density at radius 2 is 2.04 bits per heavy atom. The molecule has 0 radical (unpaired) electrons. The second kappa shape index (κ2) is 8.05. The molecular formula is C19H18BrFN6O. The highest BCUT2D eigenvalue weighted by molar-refractivity contribution is 9.10. The predicted molar refractivity (Wildman–Crippen MR) is 107 cm³/mol. The van der Waals surface area contributed by atoms with Crippen LogP contribution in [0.15, 0.2) is 53.5 Å². The second-order valence-corrected chi connectivity index (χ2v) is 7.53. The van der Waals surface area contributed by atoms with Crippen molar-refractivity contribution in [1.29, 1.82) is 0 Å². The van der Waals surface area contributed by atoms with Crippen molar-refractivity contribution in [3.63, 3.8) is 0 Å². The monoisotopic (exact) mass is 444 g/mol. The lowest BCUT2D eigenvalue weighted by Crippen LogP contribution is -2.41. The Morgan fingerprint density at radius 1 is 1.21 bits per heavy atom. The normalized spacial score (nSPS) is 16.8. The Hall–Kier alpha value is -2.81. The van der Waals surface area contributed by atoms with E-state index >= 15 is 0 Å². The Bertz CT molecular complexity index is 963. The number of aromatic nitrogens is 4. The first kappa shape index (κ1) is 18.5. The van der Waals surface area contributed by atoms with E-state index in [0.29, 0.717) is 16.8 Å². The number of imidazole rings is 1. The van der Waals surface area contributed by atoms with Crippen LogP contribution < -0.4 is 10.2 Å². The first-order valence-corrected chi connectivity index (χ1v) is 9.72. The summed E-state index contributed by atoms with van der Waals surface area (Å²) in [7, 11) is 0. The SMILES string of the molecule is O=C(Nc1ccc(Br)cc1F)[C@H]1CCCN(c2ccc(-n3ccnc3)nn2)C1. The molecule has 28 heavy (non-hydrogen) atoms. The van der Waals surface area contributed by atoms with Gasteiger partial charge in [-0.15, -0.1) is 10.2 Å². The molecule has 1 aliphatic rings. The van der Waals surface area contributed by atoms with Gasteiger partial charge in [-0.3, -0.25) is 9.36 Å². The molecule has 2 aromatic heterocycles. The lowest BCUT2D eigenvalue weighted by atomic mass is 9.97. The molecule has 0 aliphatic carbocycles. The summed E-state index contributed by atoms with van der Waals surface area (Å²) < 4.78 is 16.4. The minimum absolute atomic E-state index is 0.186. The topological polar surface area (TPSA) is 75.9 Å². The predicted octanol–water partition coefficient (Wildman–Crippen LogP) is 3.42. The molecule has 3 heterocycles. The number of piperidine rings is 1. The van der Waals surface area contributed by atoms with Crippen LogP contribution in [0.3, 0.4) is 0 Å². The quantitative estimate of drug-likeness (QED) is 0.666. The maximum Gasteiger partial charge on any atom is 0.229 e. The van der Waals surface area contributed by atoms with Gasteiger partial charge in [0.15, 0.2) is 11.6 Å². The maximum atomic E-state index is 14.0. The summed E-state index contributed by atoms with van der Waals surface area (Å²) in [6.45, 7) is 1.32. The van der Waals surface area contributed by atoms with Gasteiger partial charge in [0.25, 0.3) is 0 Å². The van der Waals surface area contributed by atoms with Crippen molar-refractivity contribution in [2.75, 3.05) is 23.3 Å². The zero-order valence-corrected chi connectivity index (χ0v) is 16.5. The zero-order chi connectivity index (χ0) is 19.5. The van der Waals surface area contributed by atoms with Crippen LogP contribution in [0.5, 0.6) is 0 Å². The Kier molecular flexibility index (Phi) is 5.34. The molecule has 3 aromatic rings. The zero-order valence-electron chi connectivity index (χ0n) is 14.9. The van der Waals surface area contributed by atoms with E-state index in [-0.39, 0.29) is 17.5 Å². The smallest absolute Gasteiger partial charge is 0.229 e. The number of benzene rings is 1. The fourth-order valence-corrected chi connectivity index (χ4v) is 3.58. The largest absolute Gasteiger partial charge is 0.354 e. The van der Waals surface area contributed by atoms with Crippen molar-refractivity contribution in [2.45, 2.75) is 12.8 Å². The third-order valence-corrected chi connectivity index (χ3v) is 5.20. The fourth-order valence-electron chi connectivity index (χ4n) is 3.24. The number of hydrogen-bond donors (Lipinski definition) is 1. The number of halogens is 2. The Labute approximate surface area is 169 Å². The highest BCUT2D eigenvalue weighted by Gasteiger charge is 2.27. The van der Waals surface area contributed by atoms with Gasteiger partial charge in [-0.1, -0.05) is 15.9 Å². The summed E-state index contributed by atoms with van der Waals surface area (Å²) in [5.74, 6) is 0.506.